The van der Waals surface area contributed by atoms with Gasteiger partial charge in [-0.1, -0.05) is 44.0 Å². The quantitative estimate of drug-likeness (QED) is 0.829. The SMILES string of the molecule is CCCCC1CN(C(c2ccc(F)cc2)c2ccc(F)cc2)CCN1. The Kier molecular flexibility index (Phi) is 6.16. The van der Waals surface area contributed by atoms with Crippen molar-refractivity contribution in [3.63, 3.8) is 0 Å². The van der Waals surface area contributed by atoms with Crippen molar-refractivity contribution < 1.29 is 8.78 Å². The minimum Gasteiger partial charge on any atom is -0.311 e. The Labute approximate surface area is 148 Å². The van der Waals surface area contributed by atoms with E-state index in [-0.39, 0.29) is 17.7 Å². The molecule has 0 aromatic heterocycles. The summed E-state index contributed by atoms with van der Waals surface area (Å²) in [6.07, 6.45) is 3.56. The van der Waals surface area contributed by atoms with E-state index in [2.05, 4.69) is 17.1 Å². The number of nitrogens with one attached hydrogen (secondary N) is 1. The summed E-state index contributed by atoms with van der Waals surface area (Å²) in [5, 5.41) is 3.60. The number of hydrogen-bond acceptors (Lipinski definition) is 2. The van der Waals surface area contributed by atoms with E-state index in [1.165, 1.54) is 37.1 Å². The van der Waals surface area contributed by atoms with E-state index < -0.39 is 0 Å². The largest absolute Gasteiger partial charge is 0.311 e. The van der Waals surface area contributed by atoms with Crippen LogP contribution >= 0.6 is 0 Å². The topological polar surface area (TPSA) is 15.3 Å². The van der Waals surface area contributed by atoms with E-state index >= 15 is 0 Å². The highest BCUT2D eigenvalue weighted by Crippen LogP contribution is 2.30. The molecule has 0 spiro atoms. The number of rotatable bonds is 6. The summed E-state index contributed by atoms with van der Waals surface area (Å²) >= 11 is 0. The van der Waals surface area contributed by atoms with Crippen LogP contribution in [0.2, 0.25) is 0 Å². The zero-order valence-corrected chi connectivity index (χ0v) is 14.7. The number of unbranched alkanes of at least 4 members (excludes halogenated alkanes) is 1. The minimum atomic E-state index is -0.234. The van der Waals surface area contributed by atoms with Crippen LogP contribution in [0, 0.1) is 11.6 Å². The molecule has 1 aliphatic rings. The van der Waals surface area contributed by atoms with Crippen LogP contribution in [0.25, 0.3) is 0 Å². The Hall–Kier alpha value is -1.78. The summed E-state index contributed by atoms with van der Waals surface area (Å²) in [5.41, 5.74) is 2.09. The van der Waals surface area contributed by atoms with Gasteiger partial charge >= 0.3 is 0 Å². The first-order valence-electron chi connectivity index (χ1n) is 9.15. The molecule has 4 heteroatoms. The molecule has 1 unspecified atom stereocenters. The second-order valence-electron chi connectivity index (χ2n) is 6.79. The molecule has 2 aromatic carbocycles. The third kappa shape index (κ3) is 4.65. The number of benzene rings is 2. The summed E-state index contributed by atoms with van der Waals surface area (Å²) in [7, 11) is 0. The Bertz CT molecular complexity index is 609. The van der Waals surface area contributed by atoms with Gasteiger partial charge in [0.2, 0.25) is 0 Å². The Morgan fingerprint density at radius 1 is 1.00 bits per heavy atom. The van der Waals surface area contributed by atoms with Gasteiger partial charge in [0, 0.05) is 25.7 Å². The predicted molar refractivity (Wildman–Crippen MR) is 97.5 cm³/mol. The maximum absolute atomic E-state index is 13.4. The summed E-state index contributed by atoms with van der Waals surface area (Å²) < 4.78 is 26.8. The molecular weight excluding hydrogens is 318 g/mol. The van der Waals surface area contributed by atoms with Gasteiger partial charge in [0.05, 0.1) is 6.04 Å². The average molecular weight is 344 g/mol. The summed E-state index contributed by atoms with van der Waals surface area (Å²) in [6, 6.07) is 13.9. The van der Waals surface area contributed by atoms with Crippen LogP contribution in [0.15, 0.2) is 48.5 Å². The van der Waals surface area contributed by atoms with Crippen LogP contribution in [0.1, 0.15) is 43.4 Å². The first kappa shape index (κ1) is 18.0. The van der Waals surface area contributed by atoms with Crippen molar-refractivity contribution in [2.45, 2.75) is 38.3 Å². The fraction of sp³-hybridized carbons (Fsp3) is 0.429. The Morgan fingerprint density at radius 2 is 1.56 bits per heavy atom. The lowest BCUT2D eigenvalue weighted by molar-refractivity contribution is 0.158. The third-order valence-corrected chi connectivity index (χ3v) is 4.93. The maximum atomic E-state index is 13.4. The zero-order valence-electron chi connectivity index (χ0n) is 14.7. The second kappa shape index (κ2) is 8.54. The van der Waals surface area contributed by atoms with Gasteiger partial charge in [-0.15, -0.1) is 0 Å². The van der Waals surface area contributed by atoms with Crippen molar-refractivity contribution in [1.29, 1.82) is 0 Å². The molecule has 0 radical (unpaired) electrons. The minimum absolute atomic E-state index is 0.0208. The third-order valence-electron chi connectivity index (χ3n) is 4.93. The molecule has 0 saturated carbocycles. The molecule has 2 aromatic rings. The van der Waals surface area contributed by atoms with Gasteiger partial charge in [-0.2, -0.15) is 0 Å². The monoisotopic (exact) mass is 344 g/mol. The van der Waals surface area contributed by atoms with Gasteiger partial charge in [0.25, 0.3) is 0 Å². The molecule has 0 amide bonds. The second-order valence-corrected chi connectivity index (χ2v) is 6.79. The normalized spacial score (nSPS) is 18.6. The summed E-state index contributed by atoms with van der Waals surface area (Å²) in [6.45, 7) is 5.01. The number of piperazine rings is 1. The van der Waals surface area contributed by atoms with Crippen molar-refractivity contribution >= 4 is 0 Å². The van der Waals surface area contributed by atoms with Gasteiger partial charge in [-0.3, -0.25) is 4.90 Å². The molecule has 3 rings (SSSR count). The Morgan fingerprint density at radius 3 is 2.08 bits per heavy atom. The molecule has 1 fully saturated rings. The standard InChI is InChI=1S/C21H26F2N2/c1-2-3-4-20-15-25(14-13-24-20)21(16-5-9-18(22)10-6-16)17-7-11-19(23)12-8-17/h5-12,20-21,24H,2-4,13-15H2,1H3. The molecule has 1 heterocycles. The average Bonchev–Trinajstić information content (AvgIpc) is 2.64. The first-order chi connectivity index (χ1) is 12.2. The number of hydrogen-bond donors (Lipinski definition) is 1. The first-order valence-corrected chi connectivity index (χ1v) is 9.15. The van der Waals surface area contributed by atoms with Crippen molar-refractivity contribution in [2.75, 3.05) is 19.6 Å². The molecule has 1 saturated heterocycles. The number of halogens is 2. The fourth-order valence-corrected chi connectivity index (χ4v) is 3.63. The molecule has 0 bridgehead atoms. The van der Waals surface area contributed by atoms with E-state index in [1.54, 1.807) is 0 Å². The van der Waals surface area contributed by atoms with Crippen LogP contribution < -0.4 is 5.32 Å². The van der Waals surface area contributed by atoms with E-state index in [1.807, 2.05) is 24.3 Å². The maximum Gasteiger partial charge on any atom is 0.123 e. The highest BCUT2D eigenvalue weighted by atomic mass is 19.1. The smallest absolute Gasteiger partial charge is 0.123 e. The van der Waals surface area contributed by atoms with Gasteiger partial charge in [-0.25, -0.2) is 8.78 Å². The molecule has 1 N–H and O–H groups in total. The van der Waals surface area contributed by atoms with Crippen LogP contribution in [0.3, 0.4) is 0 Å². The zero-order chi connectivity index (χ0) is 17.6. The lowest BCUT2D eigenvalue weighted by Gasteiger charge is -2.39. The lowest BCUT2D eigenvalue weighted by atomic mass is 9.95. The molecular formula is C21H26F2N2. The molecule has 1 atom stereocenters. The van der Waals surface area contributed by atoms with Crippen LogP contribution in [-0.2, 0) is 0 Å². The highest BCUT2D eigenvalue weighted by Gasteiger charge is 2.27. The molecule has 2 nitrogen and oxygen atoms in total. The van der Waals surface area contributed by atoms with Crippen molar-refractivity contribution in [3.8, 4) is 0 Å². The highest BCUT2D eigenvalue weighted by molar-refractivity contribution is 5.32. The van der Waals surface area contributed by atoms with Crippen molar-refractivity contribution in [2.24, 2.45) is 0 Å². The molecule has 25 heavy (non-hydrogen) atoms. The van der Waals surface area contributed by atoms with Crippen molar-refractivity contribution in [3.05, 3.63) is 71.3 Å². The molecule has 1 aliphatic heterocycles. The van der Waals surface area contributed by atoms with Gasteiger partial charge in [0.1, 0.15) is 11.6 Å². The Balaban J connectivity index is 1.87. The van der Waals surface area contributed by atoms with Gasteiger partial charge in [0.15, 0.2) is 0 Å². The van der Waals surface area contributed by atoms with Crippen LogP contribution in [0.5, 0.6) is 0 Å². The van der Waals surface area contributed by atoms with Gasteiger partial charge < -0.3 is 5.32 Å². The molecule has 0 aliphatic carbocycles. The summed E-state index contributed by atoms with van der Waals surface area (Å²) in [5.74, 6) is -0.467. The molecule has 134 valence electrons. The van der Waals surface area contributed by atoms with E-state index in [9.17, 15) is 8.78 Å². The van der Waals surface area contributed by atoms with Crippen molar-refractivity contribution in [1.82, 2.24) is 10.2 Å². The fourth-order valence-electron chi connectivity index (χ4n) is 3.63. The van der Waals surface area contributed by atoms with E-state index in [0.717, 1.165) is 37.2 Å². The van der Waals surface area contributed by atoms with E-state index in [0.29, 0.717) is 6.04 Å². The predicted octanol–water partition coefficient (Wildman–Crippen LogP) is 4.52. The van der Waals surface area contributed by atoms with Gasteiger partial charge in [-0.05, 0) is 41.8 Å². The summed E-state index contributed by atoms with van der Waals surface area (Å²) in [4.78, 5) is 2.43. The van der Waals surface area contributed by atoms with Crippen LogP contribution in [0.4, 0.5) is 8.78 Å². The lowest BCUT2D eigenvalue weighted by Crippen LogP contribution is -2.51. The van der Waals surface area contributed by atoms with E-state index in [4.69, 9.17) is 0 Å². The van der Waals surface area contributed by atoms with Crippen LogP contribution in [-0.4, -0.2) is 30.6 Å². The number of nitrogens with zero attached hydrogens (tertiary/aromatic N) is 1.